The molecule has 1 aromatic carbocycles. The molecule has 0 spiro atoms. The van der Waals surface area contributed by atoms with Crippen molar-refractivity contribution in [3.63, 3.8) is 0 Å². The molecule has 0 saturated carbocycles. The molecule has 21 heavy (non-hydrogen) atoms. The van der Waals surface area contributed by atoms with Crippen LogP contribution in [0.15, 0.2) is 36.5 Å². The Morgan fingerprint density at radius 3 is 2.62 bits per heavy atom. The van der Waals surface area contributed by atoms with Crippen LogP contribution in [0.25, 0.3) is 0 Å². The van der Waals surface area contributed by atoms with E-state index in [1.54, 1.807) is 4.90 Å². The van der Waals surface area contributed by atoms with Crippen molar-refractivity contribution in [3.8, 4) is 0 Å². The van der Waals surface area contributed by atoms with Crippen LogP contribution < -0.4 is 4.90 Å². The number of likely N-dealkylation sites (N-methyl/N-ethyl adjacent to an activating group) is 1. The molecular weight excluding hydrogens is 272 g/mol. The van der Waals surface area contributed by atoms with Crippen molar-refractivity contribution >= 4 is 17.6 Å². The third-order valence-corrected chi connectivity index (χ3v) is 2.90. The number of anilines is 1. The van der Waals surface area contributed by atoms with Gasteiger partial charge in [0.25, 0.3) is 0 Å². The number of benzene rings is 1. The second-order valence-electron chi connectivity index (χ2n) is 4.45. The van der Waals surface area contributed by atoms with Gasteiger partial charge in [0.1, 0.15) is 6.54 Å². The summed E-state index contributed by atoms with van der Waals surface area (Å²) in [6.07, 6.45) is 1.27. The minimum atomic E-state index is -0.979. The fourth-order valence-electron chi connectivity index (χ4n) is 1.99. The number of hydrogen-bond acceptors (Lipinski definition) is 4. The standard InChI is InChI=1S/C14H16N4O3/c1-2-18(12-6-4-3-5-7-12)13(19)10-17-9-11(15-16-17)8-14(20)21/h3-7,9H,2,8,10H2,1H3,(H,20,21). The molecule has 0 bridgehead atoms. The molecule has 0 aliphatic heterocycles. The summed E-state index contributed by atoms with van der Waals surface area (Å²) in [4.78, 5) is 24.5. The summed E-state index contributed by atoms with van der Waals surface area (Å²) in [7, 11) is 0. The van der Waals surface area contributed by atoms with E-state index >= 15 is 0 Å². The number of hydrogen-bond donors (Lipinski definition) is 1. The number of aromatic nitrogens is 3. The highest BCUT2D eigenvalue weighted by molar-refractivity contribution is 5.93. The Morgan fingerprint density at radius 2 is 2.00 bits per heavy atom. The molecule has 7 nitrogen and oxygen atoms in total. The van der Waals surface area contributed by atoms with Gasteiger partial charge in [-0.15, -0.1) is 5.10 Å². The van der Waals surface area contributed by atoms with Crippen molar-refractivity contribution in [2.45, 2.75) is 19.9 Å². The highest BCUT2D eigenvalue weighted by atomic mass is 16.4. The number of para-hydroxylation sites is 1. The van der Waals surface area contributed by atoms with Crippen molar-refractivity contribution in [2.75, 3.05) is 11.4 Å². The largest absolute Gasteiger partial charge is 0.481 e. The van der Waals surface area contributed by atoms with Crippen LogP contribution in [0.3, 0.4) is 0 Å². The minimum Gasteiger partial charge on any atom is -0.481 e. The van der Waals surface area contributed by atoms with Gasteiger partial charge < -0.3 is 10.0 Å². The Balaban J connectivity index is 2.06. The Kier molecular flexibility index (Phi) is 4.65. The smallest absolute Gasteiger partial charge is 0.309 e. The Labute approximate surface area is 121 Å². The van der Waals surface area contributed by atoms with E-state index in [4.69, 9.17) is 5.11 Å². The van der Waals surface area contributed by atoms with Crippen LogP contribution in [0.5, 0.6) is 0 Å². The molecule has 2 aromatic rings. The summed E-state index contributed by atoms with van der Waals surface area (Å²) in [5.74, 6) is -1.11. The number of nitrogens with zero attached hydrogens (tertiary/aromatic N) is 4. The predicted molar refractivity (Wildman–Crippen MR) is 75.8 cm³/mol. The molecule has 0 aliphatic carbocycles. The van der Waals surface area contributed by atoms with Gasteiger partial charge in [-0.2, -0.15) is 0 Å². The predicted octanol–water partition coefficient (Wildman–Crippen LogP) is 0.958. The molecule has 0 atom stereocenters. The maximum atomic E-state index is 12.3. The first-order valence-corrected chi connectivity index (χ1v) is 6.56. The van der Waals surface area contributed by atoms with Gasteiger partial charge in [-0.25, -0.2) is 4.68 Å². The van der Waals surface area contributed by atoms with Crippen molar-refractivity contribution in [2.24, 2.45) is 0 Å². The molecule has 110 valence electrons. The van der Waals surface area contributed by atoms with E-state index in [2.05, 4.69) is 10.3 Å². The van der Waals surface area contributed by atoms with Gasteiger partial charge >= 0.3 is 5.97 Å². The number of carboxylic acid groups (broad SMARTS) is 1. The second-order valence-corrected chi connectivity index (χ2v) is 4.45. The highest BCUT2D eigenvalue weighted by Crippen LogP contribution is 2.13. The van der Waals surface area contributed by atoms with Crippen LogP contribution >= 0.6 is 0 Å². The number of carboxylic acids is 1. The maximum absolute atomic E-state index is 12.3. The summed E-state index contributed by atoms with van der Waals surface area (Å²) in [5.41, 5.74) is 1.15. The van der Waals surface area contributed by atoms with Gasteiger partial charge in [0.05, 0.1) is 12.1 Å². The number of carbonyl (C=O) groups excluding carboxylic acids is 1. The quantitative estimate of drug-likeness (QED) is 0.855. The van der Waals surface area contributed by atoms with E-state index < -0.39 is 5.97 Å². The Bertz CT molecular complexity index is 624. The number of rotatable bonds is 6. The highest BCUT2D eigenvalue weighted by Gasteiger charge is 2.15. The minimum absolute atomic E-state index is 0.0232. The summed E-state index contributed by atoms with van der Waals surface area (Å²) >= 11 is 0. The number of carbonyl (C=O) groups is 2. The maximum Gasteiger partial charge on any atom is 0.309 e. The summed E-state index contributed by atoms with van der Waals surface area (Å²) in [6.45, 7) is 2.46. The lowest BCUT2D eigenvalue weighted by Crippen LogP contribution is -2.33. The fourth-order valence-corrected chi connectivity index (χ4v) is 1.99. The second kappa shape index (κ2) is 6.65. The van der Waals surface area contributed by atoms with Crippen LogP contribution in [0.4, 0.5) is 5.69 Å². The van der Waals surface area contributed by atoms with Gasteiger partial charge in [0.2, 0.25) is 5.91 Å². The van der Waals surface area contributed by atoms with Gasteiger partial charge in [-0.1, -0.05) is 23.4 Å². The van der Waals surface area contributed by atoms with E-state index in [1.165, 1.54) is 10.9 Å². The van der Waals surface area contributed by atoms with E-state index in [-0.39, 0.29) is 18.9 Å². The Morgan fingerprint density at radius 1 is 1.29 bits per heavy atom. The molecule has 0 unspecified atom stereocenters. The van der Waals surface area contributed by atoms with Crippen LogP contribution in [0.2, 0.25) is 0 Å². The zero-order valence-electron chi connectivity index (χ0n) is 11.6. The first kappa shape index (κ1) is 14.7. The Hall–Kier alpha value is -2.70. The first-order chi connectivity index (χ1) is 10.1. The zero-order chi connectivity index (χ0) is 15.2. The van der Waals surface area contributed by atoms with Crippen LogP contribution in [-0.4, -0.2) is 38.5 Å². The molecule has 1 N–H and O–H groups in total. The van der Waals surface area contributed by atoms with Gasteiger partial charge in [-0.3, -0.25) is 9.59 Å². The molecule has 7 heteroatoms. The molecule has 0 radical (unpaired) electrons. The van der Waals surface area contributed by atoms with E-state index in [0.717, 1.165) is 5.69 Å². The molecule has 1 amide bonds. The average Bonchev–Trinajstić information content (AvgIpc) is 2.87. The van der Waals surface area contributed by atoms with Crippen molar-refractivity contribution in [1.82, 2.24) is 15.0 Å². The van der Waals surface area contributed by atoms with E-state index in [1.807, 2.05) is 37.3 Å². The van der Waals surface area contributed by atoms with Crippen LogP contribution in [-0.2, 0) is 22.6 Å². The van der Waals surface area contributed by atoms with Crippen LogP contribution in [0.1, 0.15) is 12.6 Å². The average molecular weight is 288 g/mol. The van der Waals surface area contributed by atoms with Crippen LogP contribution in [0, 0.1) is 0 Å². The van der Waals surface area contributed by atoms with Crippen molar-refractivity contribution in [3.05, 3.63) is 42.2 Å². The topological polar surface area (TPSA) is 88.3 Å². The summed E-state index contributed by atoms with van der Waals surface area (Å²) in [6, 6.07) is 9.34. The SMILES string of the molecule is CCN(C(=O)Cn1cc(CC(=O)O)nn1)c1ccccc1. The number of aliphatic carboxylic acids is 1. The monoisotopic (exact) mass is 288 g/mol. The summed E-state index contributed by atoms with van der Waals surface area (Å²) < 4.78 is 1.35. The third-order valence-electron chi connectivity index (χ3n) is 2.90. The third kappa shape index (κ3) is 3.88. The van der Waals surface area contributed by atoms with Crippen molar-refractivity contribution in [1.29, 1.82) is 0 Å². The molecule has 0 fully saturated rings. The van der Waals surface area contributed by atoms with Crippen molar-refractivity contribution < 1.29 is 14.7 Å². The normalized spacial score (nSPS) is 10.3. The molecule has 2 rings (SSSR count). The fraction of sp³-hybridized carbons (Fsp3) is 0.286. The summed E-state index contributed by atoms with van der Waals surface area (Å²) in [5, 5.41) is 16.2. The van der Waals surface area contributed by atoms with E-state index in [9.17, 15) is 9.59 Å². The van der Waals surface area contributed by atoms with Gasteiger partial charge in [0.15, 0.2) is 0 Å². The van der Waals surface area contributed by atoms with Gasteiger partial charge in [0, 0.05) is 18.4 Å². The molecule has 1 aromatic heterocycles. The van der Waals surface area contributed by atoms with Gasteiger partial charge in [-0.05, 0) is 19.1 Å². The first-order valence-electron chi connectivity index (χ1n) is 6.56. The molecule has 0 saturated heterocycles. The zero-order valence-corrected chi connectivity index (χ0v) is 11.6. The lowest BCUT2D eigenvalue weighted by Gasteiger charge is -2.20. The lowest BCUT2D eigenvalue weighted by atomic mass is 10.3. The molecular formula is C14H16N4O3. The number of amides is 1. The van der Waals surface area contributed by atoms with E-state index in [0.29, 0.717) is 12.2 Å². The lowest BCUT2D eigenvalue weighted by molar-refractivity contribution is -0.136. The molecule has 0 aliphatic rings. The molecule has 1 heterocycles.